The van der Waals surface area contributed by atoms with Crippen molar-refractivity contribution >= 4 is 0 Å². The quantitative estimate of drug-likeness (QED) is 0.799. The van der Waals surface area contributed by atoms with Gasteiger partial charge in [-0.25, -0.2) is 0 Å². The highest BCUT2D eigenvalue weighted by molar-refractivity contribution is 5.22. The van der Waals surface area contributed by atoms with E-state index in [4.69, 9.17) is 0 Å². The summed E-state index contributed by atoms with van der Waals surface area (Å²) in [5.74, 6) is 1.43. The van der Waals surface area contributed by atoms with Gasteiger partial charge in [-0.1, -0.05) is 67.6 Å². The van der Waals surface area contributed by atoms with E-state index in [0.29, 0.717) is 5.92 Å². The number of nitrogens with zero attached hydrogens (tertiary/aromatic N) is 1. The van der Waals surface area contributed by atoms with Gasteiger partial charge in [-0.05, 0) is 17.0 Å². The molecule has 2 aromatic carbocycles. The van der Waals surface area contributed by atoms with Gasteiger partial charge in [-0.3, -0.25) is 4.90 Å². The first kappa shape index (κ1) is 12.4. The molecule has 2 atom stereocenters. The van der Waals surface area contributed by atoms with Crippen LogP contribution in [0, 0.1) is 5.92 Å². The van der Waals surface area contributed by atoms with Crippen molar-refractivity contribution in [1.29, 1.82) is 0 Å². The minimum absolute atomic E-state index is 0.685. The summed E-state index contributed by atoms with van der Waals surface area (Å²) in [6.45, 7) is 5.84. The Bertz CT molecular complexity index is 506. The summed E-state index contributed by atoms with van der Waals surface area (Å²) in [7, 11) is 0. The Labute approximate surface area is 115 Å². The molecule has 1 nitrogen and oxygen atoms in total. The van der Waals surface area contributed by atoms with Gasteiger partial charge in [-0.15, -0.1) is 0 Å². The molecular weight excluding hydrogens is 230 g/mol. The summed E-state index contributed by atoms with van der Waals surface area (Å²) in [4.78, 5) is 2.58. The van der Waals surface area contributed by atoms with E-state index in [0.717, 1.165) is 12.5 Å². The third-order valence-electron chi connectivity index (χ3n) is 4.16. The molecule has 1 heterocycles. The maximum Gasteiger partial charge on any atom is 0.0234 e. The first-order valence-electron chi connectivity index (χ1n) is 7.14. The first-order valence-corrected chi connectivity index (χ1v) is 7.14. The van der Waals surface area contributed by atoms with E-state index in [1.54, 1.807) is 0 Å². The summed E-state index contributed by atoms with van der Waals surface area (Å²) in [5, 5.41) is 0. The van der Waals surface area contributed by atoms with Crippen molar-refractivity contribution < 1.29 is 0 Å². The number of likely N-dealkylation sites (tertiary alicyclic amines) is 1. The first-order chi connectivity index (χ1) is 9.33. The van der Waals surface area contributed by atoms with Crippen LogP contribution in [0.1, 0.15) is 24.0 Å². The number of rotatable bonds is 3. The molecule has 2 aromatic rings. The van der Waals surface area contributed by atoms with E-state index < -0.39 is 0 Å². The van der Waals surface area contributed by atoms with Crippen LogP contribution in [0.5, 0.6) is 0 Å². The molecule has 1 aliphatic rings. The van der Waals surface area contributed by atoms with Gasteiger partial charge in [0.1, 0.15) is 0 Å². The minimum atomic E-state index is 0.685. The Hall–Kier alpha value is -1.60. The second-order valence-electron chi connectivity index (χ2n) is 5.67. The van der Waals surface area contributed by atoms with Crippen LogP contribution in [0.4, 0.5) is 0 Å². The van der Waals surface area contributed by atoms with Gasteiger partial charge in [0.25, 0.3) is 0 Å². The smallest absolute Gasteiger partial charge is 0.0234 e. The molecule has 0 radical (unpaired) electrons. The van der Waals surface area contributed by atoms with E-state index in [1.165, 1.54) is 24.2 Å². The zero-order valence-corrected chi connectivity index (χ0v) is 11.5. The van der Waals surface area contributed by atoms with Crippen LogP contribution in [-0.4, -0.2) is 18.0 Å². The zero-order valence-electron chi connectivity index (χ0n) is 11.5. The summed E-state index contributed by atoms with van der Waals surface area (Å²) in [6, 6.07) is 21.7. The summed E-state index contributed by atoms with van der Waals surface area (Å²) < 4.78 is 0. The van der Waals surface area contributed by atoms with Gasteiger partial charge in [0.15, 0.2) is 0 Å². The lowest BCUT2D eigenvalue weighted by Gasteiger charge is -2.16. The fraction of sp³-hybridized carbons (Fsp3) is 0.333. The van der Waals surface area contributed by atoms with Crippen LogP contribution in [-0.2, 0) is 6.54 Å². The van der Waals surface area contributed by atoms with E-state index in [2.05, 4.69) is 72.5 Å². The predicted octanol–water partition coefficient (Wildman–Crippen LogP) is 3.92. The molecule has 0 aromatic heterocycles. The van der Waals surface area contributed by atoms with Gasteiger partial charge in [0, 0.05) is 25.6 Å². The summed E-state index contributed by atoms with van der Waals surface area (Å²) >= 11 is 0. The van der Waals surface area contributed by atoms with Crippen molar-refractivity contribution in [2.45, 2.75) is 19.4 Å². The van der Waals surface area contributed by atoms with Crippen LogP contribution >= 0.6 is 0 Å². The molecular formula is C18H21N. The standard InChI is InChI=1S/C18H21N/c1-15-12-19(13-16-8-4-2-5-9-16)14-18(15)17-10-6-3-7-11-17/h2-11,15,18H,12-14H2,1H3/t15-,18-/m0/s1. The zero-order chi connectivity index (χ0) is 13.1. The maximum absolute atomic E-state index is 2.58. The van der Waals surface area contributed by atoms with Crippen molar-refractivity contribution in [1.82, 2.24) is 4.90 Å². The second-order valence-corrected chi connectivity index (χ2v) is 5.67. The monoisotopic (exact) mass is 251 g/mol. The van der Waals surface area contributed by atoms with Gasteiger partial charge in [-0.2, -0.15) is 0 Å². The largest absolute Gasteiger partial charge is 0.298 e. The van der Waals surface area contributed by atoms with E-state index in [9.17, 15) is 0 Å². The van der Waals surface area contributed by atoms with Crippen molar-refractivity contribution in [3.8, 4) is 0 Å². The second kappa shape index (κ2) is 5.58. The Balaban J connectivity index is 1.69. The lowest BCUT2D eigenvalue weighted by atomic mass is 9.90. The van der Waals surface area contributed by atoms with E-state index >= 15 is 0 Å². The fourth-order valence-corrected chi connectivity index (χ4v) is 3.17. The molecule has 0 bridgehead atoms. The third-order valence-corrected chi connectivity index (χ3v) is 4.16. The van der Waals surface area contributed by atoms with Gasteiger partial charge in [0.2, 0.25) is 0 Å². The predicted molar refractivity (Wildman–Crippen MR) is 80.1 cm³/mol. The minimum Gasteiger partial charge on any atom is -0.298 e. The lowest BCUT2D eigenvalue weighted by molar-refractivity contribution is 0.319. The van der Waals surface area contributed by atoms with E-state index in [-0.39, 0.29) is 0 Å². The lowest BCUT2D eigenvalue weighted by Crippen LogP contribution is -2.20. The maximum atomic E-state index is 2.58. The Morgan fingerprint density at radius 3 is 2.21 bits per heavy atom. The molecule has 1 heteroatoms. The Morgan fingerprint density at radius 2 is 1.53 bits per heavy atom. The highest BCUT2D eigenvalue weighted by atomic mass is 15.1. The van der Waals surface area contributed by atoms with Gasteiger partial charge in [0.05, 0.1) is 0 Å². The highest BCUT2D eigenvalue weighted by Crippen LogP contribution is 2.32. The molecule has 0 amide bonds. The number of benzene rings is 2. The molecule has 19 heavy (non-hydrogen) atoms. The summed E-state index contributed by atoms with van der Waals surface area (Å²) in [5.41, 5.74) is 2.91. The Morgan fingerprint density at radius 1 is 0.895 bits per heavy atom. The average molecular weight is 251 g/mol. The molecule has 1 saturated heterocycles. The van der Waals surface area contributed by atoms with E-state index in [1.807, 2.05) is 0 Å². The van der Waals surface area contributed by atoms with Gasteiger partial charge < -0.3 is 0 Å². The van der Waals surface area contributed by atoms with Crippen molar-refractivity contribution in [3.63, 3.8) is 0 Å². The van der Waals surface area contributed by atoms with Crippen molar-refractivity contribution in [2.75, 3.05) is 13.1 Å². The summed E-state index contributed by atoms with van der Waals surface area (Å²) in [6.07, 6.45) is 0. The fourth-order valence-electron chi connectivity index (χ4n) is 3.17. The Kier molecular flexibility index (Phi) is 3.65. The SMILES string of the molecule is C[C@H]1CN(Cc2ccccc2)C[C@@H]1c1ccccc1. The molecule has 0 aliphatic carbocycles. The third kappa shape index (κ3) is 2.87. The van der Waals surface area contributed by atoms with Crippen LogP contribution < -0.4 is 0 Å². The molecule has 0 N–H and O–H groups in total. The normalized spacial score (nSPS) is 23.6. The topological polar surface area (TPSA) is 3.24 Å². The van der Waals surface area contributed by atoms with Gasteiger partial charge >= 0.3 is 0 Å². The average Bonchev–Trinajstić information content (AvgIpc) is 2.82. The molecule has 98 valence electrons. The molecule has 1 aliphatic heterocycles. The van der Waals surface area contributed by atoms with Crippen LogP contribution in [0.15, 0.2) is 60.7 Å². The molecule has 1 fully saturated rings. The van der Waals surface area contributed by atoms with Crippen molar-refractivity contribution in [3.05, 3.63) is 71.8 Å². The molecule has 0 saturated carbocycles. The molecule has 3 rings (SSSR count). The highest BCUT2D eigenvalue weighted by Gasteiger charge is 2.30. The number of hydrogen-bond donors (Lipinski definition) is 0. The van der Waals surface area contributed by atoms with Crippen molar-refractivity contribution in [2.24, 2.45) is 5.92 Å². The molecule has 0 unspecified atom stereocenters. The molecule has 0 spiro atoms. The van der Waals surface area contributed by atoms with Crippen LogP contribution in [0.3, 0.4) is 0 Å². The van der Waals surface area contributed by atoms with Crippen LogP contribution in [0.25, 0.3) is 0 Å². The number of hydrogen-bond acceptors (Lipinski definition) is 1. The van der Waals surface area contributed by atoms with Crippen LogP contribution in [0.2, 0.25) is 0 Å².